The molecule has 1 fully saturated rings. The highest BCUT2D eigenvalue weighted by molar-refractivity contribution is 5.16. The summed E-state index contributed by atoms with van der Waals surface area (Å²) in [6, 6.07) is 6.80. The molecule has 0 N–H and O–H groups in total. The molecule has 1 aliphatic heterocycles. The summed E-state index contributed by atoms with van der Waals surface area (Å²) in [5.41, 5.74) is 1.02. The van der Waals surface area contributed by atoms with Crippen molar-refractivity contribution in [3.63, 3.8) is 0 Å². The van der Waals surface area contributed by atoms with Crippen molar-refractivity contribution in [2.45, 2.75) is 13.0 Å². The monoisotopic (exact) mass is 287 g/mol. The van der Waals surface area contributed by atoms with Crippen LogP contribution in [0.1, 0.15) is 12.0 Å². The van der Waals surface area contributed by atoms with Gasteiger partial charge in [0.25, 0.3) is 0 Å². The predicted octanol–water partition coefficient (Wildman–Crippen LogP) is 2.52. The Morgan fingerprint density at radius 3 is 3.10 bits per heavy atom. The third-order valence-electron chi connectivity index (χ3n) is 3.67. The smallest absolute Gasteiger partial charge is 0.232 e. The molecule has 1 aliphatic rings. The first-order chi connectivity index (χ1) is 10.3. The molecule has 21 heavy (non-hydrogen) atoms. The van der Waals surface area contributed by atoms with Crippen molar-refractivity contribution >= 4 is 0 Å². The van der Waals surface area contributed by atoms with Gasteiger partial charge in [0.15, 0.2) is 0 Å². The third-order valence-corrected chi connectivity index (χ3v) is 3.67. The zero-order valence-corrected chi connectivity index (χ0v) is 11.8. The van der Waals surface area contributed by atoms with Crippen molar-refractivity contribution in [3.8, 4) is 5.88 Å². The first-order valence-corrected chi connectivity index (χ1v) is 7.15. The number of likely N-dealkylation sites (tertiary alicyclic amines) is 1. The number of rotatable bonds is 5. The van der Waals surface area contributed by atoms with Crippen LogP contribution in [0.2, 0.25) is 0 Å². The fourth-order valence-electron chi connectivity index (χ4n) is 2.65. The second-order valence-corrected chi connectivity index (χ2v) is 5.37. The molecule has 110 valence electrons. The number of ether oxygens (including phenoxy) is 1. The highest BCUT2D eigenvalue weighted by Crippen LogP contribution is 2.19. The normalized spacial score (nSPS) is 18.8. The molecule has 0 amide bonds. The van der Waals surface area contributed by atoms with Crippen molar-refractivity contribution in [2.24, 2.45) is 5.92 Å². The largest absolute Gasteiger partial charge is 0.476 e. The van der Waals surface area contributed by atoms with Crippen LogP contribution in [0.5, 0.6) is 5.88 Å². The van der Waals surface area contributed by atoms with Gasteiger partial charge in [0, 0.05) is 31.4 Å². The number of halogens is 1. The highest BCUT2D eigenvalue weighted by Gasteiger charge is 2.23. The lowest BCUT2D eigenvalue weighted by molar-refractivity contribution is 0.231. The molecule has 0 spiro atoms. The summed E-state index contributed by atoms with van der Waals surface area (Å²) in [4.78, 5) is 10.4. The maximum Gasteiger partial charge on any atom is 0.232 e. The molecule has 1 aromatic heterocycles. The minimum absolute atomic E-state index is 0.172. The van der Waals surface area contributed by atoms with Gasteiger partial charge >= 0.3 is 0 Å². The fourth-order valence-corrected chi connectivity index (χ4v) is 2.65. The van der Waals surface area contributed by atoms with Gasteiger partial charge in [0.2, 0.25) is 5.88 Å². The summed E-state index contributed by atoms with van der Waals surface area (Å²) in [6.07, 6.45) is 5.97. The van der Waals surface area contributed by atoms with E-state index in [2.05, 4.69) is 14.9 Å². The van der Waals surface area contributed by atoms with Crippen molar-refractivity contribution in [1.82, 2.24) is 14.9 Å². The van der Waals surface area contributed by atoms with Crippen LogP contribution in [-0.4, -0.2) is 34.6 Å². The minimum atomic E-state index is -0.172. The second-order valence-electron chi connectivity index (χ2n) is 5.37. The minimum Gasteiger partial charge on any atom is -0.476 e. The van der Waals surface area contributed by atoms with Gasteiger partial charge in [-0.2, -0.15) is 0 Å². The highest BCUT2D eigenvalue weighted by atomic mass is 19.1. The second kappa shape index (κ2) is 6.63. The van der Waals surface area contributed by atoms with E-state index in [1.54, 1.807) is 30.7 Å². The van der Waals surface area contributed by atoms with E-state index in [-0.39, 0.29) is 5.82 Å². The standard InChI is InChI=1S/C16H18FN3O/c17-15-3-1-2-13(8-15)10-20-7-4-14(11-20)12-21-16-9-18-5-6-19-16/h1-3,5-6,8-9,14H,4,7,10-12H2. The molecule has 1 aromatic carbocycles. The first kappa shape index (κ1) is 13.9. The van der Waals surface area contributed by atoms with Gasteiger partial charge in [0.05, 0.1) is 12.8 Å². The number of hydrogen-bond donors (Lipinski definition) is 0. The van der Waals surface area contributed by atoms with Gasteiger partial charge in [-0.1, -0.05) is 12.1 Å². The Balaban J connectivity index is 1.47. The quantitative estimate of drug-likeness (QED) is 0.847. The third kappa shape index (κ3) is 3.98. The number of nitrogens with zero attached hydrogens (tertiary/aromatic N) is 3. The zero-order valence-electron chi connectivity index (χ0n) is 11.8. The van der Waals surface area contributed by atoms with Crippen molar-refractivity contribution in [3.05, 3.63) is 54.2 Å². The van der Waals surface area contributed by atoms with Gasteiger partial charge in [-0.25, -0.2) is 9.37 Å². The van der Waals surface area contributed by atoms with E-state index in [4.69, 9.17) is 4.74 Å². The Kier molecular flexibility index (Phi) is 4.40. The van der Waals surface area contributed by atoms with E-state index < -0.39 is 0 Å². The molecular weight excluding hydrogens is 269 g/mol. The van der Waals surface area contributed by atoms with Gasteiger partial charge in [0.1, 0.15) is 5.82 Å². The lowest BCUT2D eigenvalue weighted by atomic mass is 10.1. The fraction of sp³-hybridized carbons (Fsp3) is 0.375. The number of benzene rings is 1. The van der Waals surface area contributed by atoms with Gasteiger partial charge < -0.3 is 4.74 Å². The Labute approximate surface area is 123 Å². The molecule has 1 saturated heterocycles. The first-order valence-electron chi connectivity index (χ1n) is 7.15. The van der Waals surface area contributed by atoms with Crippen LogP contribution in [0.3, 0.4) is 0 Å². The summed E-state index contributed by atoms with van der Waals surface area (Å²) in [5, 5.41) is 0. The molecule has 0 bridgehead atoms. The maximum absolute atomic E-state index is 13.2. The molecule has 2 heterocycles. The van der Waals surface area contributed by atoms with Crippen LogP contribution < -0.4 is 4.74 Å². The Morgan fingerprint density at radius 1 is 1.33 bits per heavy atom. The molecule has 0 saturated carbocycles. The van der Waals surface area contributed by atoms with E-state index in [0.717, 1.165) is 31.6 Å². The molecular formula is C16H18FN3O. The molecule has 4 nitrogen and oxygen atoms in total. The average molecular weight is 287 g/mol. The summed E-state index contributed by atoms with van der Waals surface area (Å²) >= 11 is 0. The van der Waals surface area contributed by atoms with Crippen LogP contribution >= 0.6 is 0 Å². The maximum atomic E-state index is 13.2. The topological polar surface area (TPSA) is 38.2 Å². The Hall–Kier alpha value is -2.01. The van der Waals surface area contributed by atoms with Gasteiger partial charge in [-0.3, -0.25) is 9.88 Å². The Morgan fingerprint density at radius 2 is 2.29 bits per heavy atom. The molecule has 0 aliphatic carbocycles. The Bertz CT molecular complexity index is 579. The van der Waals surface area contributed by atoms with E-state index in [9.17, 15) is 4.39 Å². The van der Waals surface area contributed by atoms with E-state index in [1.807, 2.05) is 6.07 Å². The average Bonchev–Trinajstić information content (AvgIpc) is 2.94. The van der Waals surface area contributed by atoms with Gasteiger partial charge in [-0.15, -0.1) is 0 Å². The van der Waals surface area contributed by atoms with Crippen LogP contribution in [-0.2, 0) is 6.54 Å². The summed E-state index contributed by atoms with van der Waals surface area (Å²) in [5.74, 6) is 0.885. The zero-order chi connectivity index (χ0) is 14.5. The molecule has 3 rings (SSSR count). The molecule has 5 heteroatoms. The van der Waals surface area contributed by atoms with Crippen LogP contribution in [0.15, 0.2) is 42.9 Å². The van der Waals surface area contributed by atoms with Crippen molar-refractivity contribution in [2.75, 3.05) is 19.7 Å². The van der Waals surface area contributed by atoms with Crippen LogP contribution in [0.4, 0.5) is 4.39 Å². The van der Waals surface area contributed by atoms with Crippen molar-refractivity contribution < 1.29 is 9.13 Å². The predicted molar refractivity (Wildman–Crippen MR) is 77.3 cm³/mol. The van der Waals surface area contributed by atoms with Crippen LogP contribution in [0, 0.1) is 11.7 Å². The van der Waals surface area contributed by atoms with Crippen molar-refractivity contribution in [1.29, 1.82) is 0 Å². The summed E-state index contributed by atoms with van der Waals surface area (Å²) < 4.78 is 18.8. The summed E-state index contributed by atoms with van der Waals surface area (Å²) in [7, 11) is 0. The van der Waals surface area contributed by atoms with E-state index >= 15 is 0 Å². The number of hydrogen-bond acceptors (Lipinski definition) is 4. The molecule has 2 aromatic rings. The lowest BCUT2D eigenvalue weighted by Gasteiger charge is -2.16. The lowest BCUT2D eigenvalue weighted by Crippen LogP contribution is -2.22. The van der Waals surface area contributed by atoms with E-state index in [0.29, 0.717) is 18.4 Å². The molecule has 0 radical (unpaired) electrons. The molecule has 1 atom stereocenters. The van der Waals surface area contributed by atoms with Gasteiger partial charge in [-0.05, 0) is 30.7 Å². The summed E-state index contributed by atoms with van der Waals surface area (Å²) in [6.45, 7) is 3.43. The van der Waals surface area contributed by atoms with Crippen LogP contribution in [0.25, 0.3) is 0 Å². The molecule has 1 unspecified atom stereocenters. The number of aromatic nitrogens is 2. The SMILES string of the molecule is Fc1cccc(CN2CCC(COc3cnccn3)C2)c1. The van der Waals surface area contributed by atoms with E-state index in [1.165, 1.54) is 6.07 Å².